The van der Waals surface area contributed by atoms with E-state index >= 15 is 0 Å². The molecule has 9 heteroatoms. The van der Waals surface area contributed by atoms with Crippen LogP contribution in [0.15, 0.2) is 59.8 Å². The first kappa shape index (κ1) is 20.3. The molecular formula is C19H18ClN5OS2. The van der Waals surface area contributed by atoms with Gasteiger partial charge in [-0.05, 0) is 29.9 Å². The second kappa shape index (κ2) is 9.68. The number of amides is 1. The van der Waals surface area contributed by atoms with Gasteiger partial charge in [-0.2, -0.15) is 0 Å². The fraction of sp³-hybridized carbons (Fsp3) is 0.158. The molecule has 0 aliphatic heterocycles. The lowest BCUT2D eigenvalue weighted by Gasteiger charge is -2.14. The van der Waals surface area contributed by atoms with Crippen molar-refractivity contribution in [3.8, 4) is 0 Å². The molecule has 3 aromatic rings. The third-order valence-corrected chi connectivity index (χ3v) is 5.31. The first-order valence-electron chi connectivity index (χ1n) is 8.56. The third-order valence-electron chi connectivity index (χ3n) is 3.79. The number of thiocarbonyl (C=S) groups is 1. The van der Waals surface area contributed by atoms with Crippen molar-refractivity contribution >= 4 is 46.6 Å². The number of rotatable bonds is 6. The Morgan fingerprint density at radius 3 is 2.57 bits per heavy atom. The van der Waals surface area contributed by atoms with E-state index in [1.807, 2.05) is 25.1 Å². The number of benzene rings is 2. The molecule has 0 aliphatic rings. The van der Waals surface area contributed by atoms with Gasteiger partial charge >= 0.3 is 0 Å². The molecular weight excluding hydrogens is 414 g/mol. The van der Waals surface area contributed by atoms with Crippen LogP contribution in [0, 0.1) is 0 Å². The number of carbonyl (C=O) groups is 1. The average molecular weight is 432 g/mol. The summed E-state index contributed by atoms with van der Waals surface area (Å²) in [5.41, 5.74) is 4.52. The van der Waals surface area contributed by atoms with Crippen LogP contribution in [0.1, 0.15) is 28.7 Å². The molecule has 28 heavy (non-hydrogen) atoms. The third kappa shape index (κ3) is 5.09. The second-order valence-electron chi connectivity index (χ2n) is 5.74. The van der Waals surface area contributed by atoms with E-state index in [1.54, 1.807) is 28.9 Å². The number of aryl methyl sites for hydroxylation is 1. The Bertz CT molecular complexity index is 977. The molecule has 0 radical (unpaired) electrons. The van der Waals surface area contributed by atoms with Gasteiger partial charge in [-0.3, -0.25) is 15.5 Å². The van der Waals surface area contributed by atoms with E-state index in [4.69, 9.17) is 23.8 Å². The van der Waals surface area contributed by atoms with E-state index in [9.17, 15) is 4.79 Å². The van der Waals surface area contributed by atoms with Gasteiger partial charge in [-0.1, -0.05) is 72.8 Å². The Labute approximate surface area is 177 Å². The molecule has 3 rings (SSSR count). The molecule has 0 aliphatic carbocycles. The monoisotopic (exact) mass is 431 g/mol. The highest BCUT2D eigenvalue weighted by Gasteiger charge is 2.15. The van der Waals surface area contributed by atoms with Crippen molar-refractivity contribution in [3.05, 3.63) is 76.6 Å². The van der Waals surface area contributed by atoms with Gasteiger partial charge in [-0.25, -0.2) is 4.68 Å². The molecule has 0 saturated heterocycles. The quantitative estimate of drug-likeness (QED) is 0.453. The predicted octanol–water partition coefficient (Wildman–Crippen LogP) is 4.04. The summed E-state index contributed by atoms with van der Waals surface area (Å²) in [5, 5.41) is 12.2. The minimum atomic E-state index is -0.382. The van der Waals surface area contributed by atoms with Crippen molar-refractivity contribution in [1.29, 1.82) is 0 Å². The van der Waals surface area contributed by atoms with Crippen LogP contribution in [0.5, 0.6) is 0 Å². The number of hydrogen-bond acceptors (Lipinski definition) is 5. The van der Waals surface area contributed by atoms with Crippen LogP contribution in [-0.4, -0.2) is 25.9 Å². The van der Waals surface area contributed by atoms with Crippen molar-refractivity contribution in [2.24, 2.45) is 0 Å². The molecule has 0 spiro atoms. The van der Waals surface area contributed by atoms with Gasteiger partial charge in [0.25, 0.3) is 5.91 Å². The summed E-state index contributed by atoms with van der Waals surface area (Å²) in [7, 11) is 0. The van der Waals surface area contributed by atoms with Crippen molar-refractivity contribution in [1.82, 2.24) is 20.2 Å². The zero-order chi connectivity index (χ0) is 19.9. The number of hydrogen-bond donors (Lipinski definition) is 2. The lowest BCUT2D eigenvalue weighted by Crippen LogP contribution is -2.38. The fourth-order valence-corrected chi connectivity index (χ4v) is 3.67. The Hall–Kier alpha value is -2.42. The molecule has 1 amide bonds. The van der Waals surface area contributed by atoms with Gasteiger partial charge in [0, 0.05) is 12.2 Å². The van der Waals surface area contributed by atoms with Crippen LogP contribution in [-0.2, 0) is 12.2 Å². The maximum atomic E-state index is 12.4. The first-order chi connectivity index (χ1) is 13.6. The van der Waals surface area contributed by atoms with E-state index in [0.29, 0.717) is 28.0 Å². The Morgan fingerprint density at radius 2 is 1.86 bits per heavy atom. The van der Waals surface area contributed by atoms with Crippen LogP contribution >= 0.6 is 35.6 Å². The molecule has 0 bridgehead atoms. The summed E-state index contributed by atoms with van der Waals surface area (Å²) in [6, 6.07) is 16.9. The van der Waals surface area contributed by atoms with Gasteiger partial charge in [0.15, 0.2) is 10.9 Å². The summed E-state index contributed by atoms with van der Waals surface area (Å²) in [6.07, 6.45) is 0.660. The normalized spacial score (nSPS) is 10.5. The molecule has 1 heterocycles. The fourth-order valence-electron chi connectivity index (χ4n) is 2.40. The minimum absolute atomic E-state index is 0.140. The summed E-state index contributed by atoms with van der Waals surface area (Å²) in [4.78, 5) is 12.4. The maximum absolute atomic E-state index is 12.4. The largest absolute Gasteiger partial charge is 0.298 e. The standard InChI is InChI=1S/C19H18ClN5OS2/c1-2-16-22-23-19(28-12-13-8-4-3-5-9-13)25(16)24-18(27)21-17(26)14-10-6-7-11-15(14)20/h3-11H,2,12H2,1H3,(H2,21,24,26,27). The number of carbonyl (C=O) groups excluding carboxylic acids is 1. The van der Waals surface area contributed by atoms with E-state index in [2.05, 4.69) is 33.1 Å². The van der Waals surface area contributed by atoms with Crippen molar-refractivity contribution in [2.75, 3.05) is 5.43 Å². The van der Waals surface area contributed by atoms with E-state index in [-0.39, 0.29) is 11.0 Å². The summed E-state index contributed by atoms with van der Waals surface area (Å²) >= 11 is 12.9. The molecule has 0 unspecified atom stereocenters. The second-order valence-corrected chi connectivity index (χ2v) is 7.49. The van der Waals surface area contributed by atoms with Crippen LogP contribution in [0.25, 0.3) is 0 Å². The highest BCUT2D eigenvalue weighted by Crippen LogP contribution is 2.21. The lowest BCUT2D eigenvalue weighted by molar-refractivity contribution is 0.0977. The average Bonchev–Trinajstić information content (AvgIpc) is 3.08. The number of aromatic nitrogens is 3. The first-order valence-corrected chi connectivity index (χ1v) is 10.3. The summed E-state index contributed by atoms with van der Waals surface area (Å²) < 4.78 is 1.70. The van der Waals surface area contributed by atoms with Crippen molar-refractivity contribution in [3.63, 3.8) is 0 Å². The topological polar surface area (TPSA) is 71.8 Å². The molecule has 2 aromatic carbocycles. The highest BCUT2D eigenvalue weighted by atomic mass is 35.5. The molecule has 0 fully saturated rings. The molecule has 144 valence electrons. The summed E-state index contributed by atoms with van der Waals surface area (Å²) in [5.74, 6) is 1.07. The number of thioether (sulfide) groups is 1. The maximum Gasteiger partial charge on any atom is 0.258 e. The lowest BCUT2D eigenvalue weighted by atomic mass is 10.2. The van der Waals surface area contributed by atoms with Crippen LogP contribution in [0.3, 0.4) is 0 Å². The molecule has 1 aromatic heterocycles. The zero-order valence-electron chi connectivity index (χ0n) is 15.1. The number of nitrogens with one attached hydrogen (secondary N) is 2. The van der Waals surface area contributed by atoms with Crippen LogP contribution in [0.4, 0.5) is 0 Å². The summed E-state index contributed by atoms with van der Waals surface area (Å²) in [6.45, 7) is 1.97. The van der Waals surface area contributed by atoms with Gasteiger partial charge in [0.05, 0.1) is 10.6 Å². The van der Waals surface area contributed by atoms with Gasteiger partial charge in [0.1, 0.15) is 0 Å². The van der Waals surface area contributed by atoms with Crippen molar-refractivity contribution in [2.45, 2.75) is 24.3 Å². The van der Waals surface area contributed by atoms with Crippen LogP contribution < -0.4 is 10.7 Å². The smallest absolute Gasteiger partial charge is 0.258 e. The Balaban J connectivity index is 1.68. The highest BCUT2D eigenvalue weighted by molar-refractivity contribution is 7.98. The Kier molecular flexibility index (Phi) is 7.02. The zero-order valence-corrected chi connectivity index (χ0v) is 17.4. The van der Waals surface area contributed by atoms with Crippen LogP contribution in [0.2, 0.25) is 5.02 Å². The molecule has 2 N–H and O–H groups in total. The van der Waals surface area contributed by atoms with E-state index in [0.717, 1.165) is 5.75 Å². The predicted molar refractivity (Wildman–Crippen MR) is 116 cm³/mol. The molecule has 0 atom stereocenters. The van der Waals surface area contributed by atoms with Gasteiger partial charge in [-0.15, -0.1) is 10.2 Å². The Morgan fingerprint density at radius 1 is 1.14 bits per heavy atom. The molecule has 6 nitrogen and oxygen atoms in total. The molecule has 0 saturated carbocycles. The van der Waals surface area contributed by atoms with Crippen molar-refractivity contribution < 1.29 is 4.79 Å². The van der Waals surface area contributed by atoms with Gasteiger partial charge < -0.3 is 0 Å². The van der Waals surface area contributed by atoms with E-state index in [1.165, 1.54) is 17.3 Å². The van der Waals surface area contributed by atoms with E-state index < -0.39 is 0 Å². The SMILES string of the molecule is CCc1nnc(SCc2ccccc2)n1NC(=S)NC(=O)c1ccccc1Cl. The van der Waals surface area contributed by atoms with Gasteiger partial charge in [0.2, 0.25) is 5.16 Å². The number of halogens is 1. The number of nitrogens with zero attached hydrogens (tertiary/aromatic N) is 3. The minimum Gasteiger partial charge on any atom is -0.298 e.